The summed E-state index contributed by atoms with van der Waals surface area (Å²) in [4.78, 5) is 0. The molecule has 0 bridgehead atoms. The van der Waals surface area contributed by atoms with Crippen molar-refractivity contribution < 1.29 is 8.83 Å². The van der Waals surface area contributed by atoms with Crippen molar-refractivity contribution in [1.29, 1.82) is 0 Å². The highest BCUT2D eigenvalue weighted by Gasteiger charge is 2.45. The molecule has 4 nitrogen and oxygen atoms in total. The molecule has 0 atom stereocenters. The Bertz CT molecular complexity index is 6690. The molecule has 0 saturated carbocycles. The highest BCUT2D eigenvalue weighted by molar-refractivity contribution is 7.33. The fourth-order valence-electron chi connectivity index (χ4n) is 16.3. The molecule has 21 rings (SSSR count). The molecule has 0 fully saturated rings. The van der Waals surface area contributed by atoms with Crippen molar-refractivity contribution in [3.05, 3.63) is 328 Å². The molecular weight excluding hydrogens is 1230 g/mol. The molecule has 0 aliphatic rings. The summed E-state index contributed by atoms with van der Waals surface area (Å²) in [5, 5.41) is 20.1. The summed E-state index contributed by atoms with van der Waals surface area (Å²) >= 11 is 3.88. The maximum absolute atomic E-state index is 6.66. The summed E-state index contributed by atoms with van der Waals surface area (Å²) in [6.07, 6.45) is 0. The van der Waals surface area contributed by atoms with Crippen LogP contribution in [-0.4, -0.2) is 17.2 Å². The highest BCUT2D eigenvalue weighted by Crippen LogP contribution is 2.43. The summed E-state index contributed by atoms with van der Waals surface area (Å²) in [5.41, 5.74) is 17.2. The number of furan rings is 2. The van der Waals surface area contributed by atoms with Crippen molar-refractivity contribution in [3.8, 4) is 44.8 Å². The van der Waals surface area contributed by atoms with Gasteiger partial charge in [-0.3, -0.25) is 0 Å². The van der Waals surface area contributed by atoms with Crippen LogP contribution in [0.3, 0.4) is 0 Å². The Kier molecular flexibility index (Phi) is 11.9. The van der Waals surface area contributed by atoms with Gasteiger partial charge >= 0.3 is 0 Å². The minimum Gasteiger partial charge on any atom is -0.456 e. The van der Waals surface area contributed by atoms with Crippen molar-refractivity contribution in [2.24, 2.45) is 0 Å². The van der Waals surface area contributed by atoms with Crippen LogP contribution in [0, 0.1) is 0 Å². The van der Waals surface area contributed by atoms with E-state index in [1.54, 1.807) is 0 Å². The predicted octanol–water partition coefficient (Wildman–Crippen LogP) is 22.8. The molecule has 452 valence electrons. The Morgan fingerprint density at radius 2 is 0.588 bits per heavy atom. The molecular formula is C90H54N2O2S2Si. The molecule has 6 aromatic heterocycles. The summed E-state index contributed by atoms with van der Waals surface area (Å²) in [6, 6.07) is 122. The first-order valence-electron chi connectivity index (χ1n) is 33.1. The van der Waals surface area contributed by atoms with E-state index < -0.39 is 8.07 Å². The zero-order chi connectivity index (χ0) is 63.5. The number of nitrogens with zero attached hydrogens (tertiary/aromatic N) is 2. The maximum atomic E-state index is 6.66. The van der Waals surface area contributed by atoms with Gasteiger partial charge in [0.15, 0.2) is 8.07 Å². The number of aromatic nitrogens is 2. The Morgan fingerprint density at radius 1 is 0.227 bits per heavy atom. The maximum Gasteiger partial charge on any atom is 0.182 e. The largest absolute Gasteiger partial charge is 0.456 e. The fraction of sp³-hybridized carbons (Fsp3) is 0. The first kappa shape index (κ1) is 54.5. The number of hydrogen-bond donors (Lipinski definition) is 0. The normalized spacial score (nSPS) is 12.3. The van der Waals surface area contributed by atoms with E-state index in [1.807, 2.05) is 22.7 Å². The molecule has 0 saturated heterocycles. The van der Waals surface area contributed by atoms with E-state index in [1.165, 1.54) is 105 Å². The van der Waals surface area contributed by atoms with Crippen molar-refractivity contribution in [2.75, 3.05) is 0 Å². The summed E-state index contributed by atoms with van der Waals surface area (Å²) in [6.45, 7) is 0. The molecule has 0 aliphatic heterocycles. The quantitative estimate of drug-likeness (QED) is 0.107. The molecule has 0 amide bonds. The SMILES string of the molecule is c1ccc([Si](c2cccc(-c3ccc4c(c3)c3ccccc3n4-c3ccc4oc5ccc(-c6cccc(-c7ccc8oc9ccc(-n%10c%11ccccc%11c%11ccccc%11%10)cc9c8c7)c6)cc5c4c3)c2)(c2cccc3c2sc2ccccc23)c2cccc3c2sc2ccccc23)cc1. The molecule has 15 aromatic carbocycles. The average molecular weight is 1290 g/mol. The lowest BCUT2D eigenvalue weighted by atomic mass is 9.97. The highest BCUT2D eigenvalue weighted by atomic mass is 32.1. The summed E-state index contributed by atoms with van der Waals surface area (Å²) in [7, 11) is -3.16. The van der Waals surface area contributed by atoms with Crippen LogP contribution in [0.2, 0.25) is 0 Å². The average Bonchev–Trinajstić information content (AvgIpc) is 1.65. The lowest BCUT2D eigenvalue weighted by Crippen LogP contribution is -2.74. The Morgan fingerprint density at radius 3 is 1.11 bits per heavy atom. The first-order valence-corrected chi connectivity index (χ1v) is 36.7. The first-order chi connectivity index (χ1) is 48.1. The standard InChI is InChI=1S/C90H54N2O2S2Si/c1-2-21-63(22-3-1)97(87-36-16-29-70-68-27-7-12-34-85(68)95-89(70)87,88-37-17-30-71-69-28-8-13-35-86(69)96-90(71)88)64-23-15-20-57(49-64)58-38-43-80-72(50-58)67-26-6-11-33-79(67)92(80)62-42-47-84-76(54-62)74-52-60(40-45-82(74)94-84)56-19-14-18-55(48-56)59-39-44-81-73(51-59)75-53-61(41-46-83(75)93-81)91-77-31-9-4-24-65(77)66-25-5-10-32-78(66)91/h1-54H. The molecule has 6 heterocycles. The predicted molar refractivity (Wildman–Crippen MR) is 415 cm³/mol. The van der Waals surface area contributed by atoms with Gasteiger partial charge in [0.05, 0.1) is 22.1 Å². The van der Waals surface area contributed by atoms with Crippen LogP contribution in [0.1, 0.15) is 0 Å². The van der Waals surface area contributed by atoms with E-state index in [0.717, 1.165) is 88.5 Å². The zero-order valence-corrected chi connectivity index (χ0v) is 54.8. The minimum atomic E-state index is -3.16. The number of para-hydroxylation sites is 3. The van der Waals surface area contributed by atoms with Gasteiger partial charge in [-0.1, -0.05) is 218 Å². The Balaban J connectivity index is 0.669. The number of thiophene rings is 2. The summed E-state index contributed by atoms with van der Waals surface area (Å²) < 4.78 is 23.3. The second-order valence-electron chi connectivity index (χ2n) is 25.8. The zero-order valence-electron chi connectivity index (χ0n) is 52.2. The van der Waals surface area contributed by atoms with Crippen LogP contribution in [0.15, 0.2) is 336 Å². The van der Waals surface area contributed by atoms with E-state index in [2.05, 4.69) is 337 Å². The van der Waals surface area contributed by atoms with Gasteiger partial charge in [-0.2, -0.15) is 0 Å². The molecule has 0 aliphatic carbocycles. The van der Waals surface area contributed by atoms with Gasteiger partial charge in [0.25, 0.3) is 0 Å². The van der Waals surface area contributed by atoms with Crippen LogP contribution in [0.25, 0.3) is 173 Å². The number of benzene rings is 15. The van der Waals surface area contributed by atoms with Gasteiger partial charge in [-0.25, -0.2) is 0 Å². The molecule has 0 spiro atoms. The molecule has 7 heteroatoms. The van der Waals surface area contributed by atoms with Crippen molar-refractivity contribution in [2.45, 2.75) is 0 Å². The van der Waals surface area contributed by atoms with Gasteiger partial charge in [0.1, 0.15) is 22.3 Å². The molecule has 0 unspecified atom stereocenters. The van der Waals surface area contributed by atoms with Crippen LogP contribution in [0.4, 0.5) is 0 Å². The van der Waals surface area contributed by atoms with Crippen LogP contribution >= 0.6 is 22.7 Å². The van der Waals surface area contributed by atoms with Gasteiger partial charge in [0.2, 0.25) is 0 Å². The topological polar surface area (TPSA) is 36.1 Å². The van der Waals surface area contributed by atoms with Crippen molar-refractivity contribution in [3.63, 3.8) is 0 Å². The van der Waals surface area contributed by atoms with Gasteiger partial charge < -0.3 is 18.0 Å². The smallest absolute Gasteiger partial charge is 0.182 e. The third-order valence-corrected chi connectivity index (χ3v) is 28.3. The molecule has 21 aromatic rings. The van der Waals surface area contributed by atoms with Crippen LogP contribution < -0.4 is 20.7 Å². The van der Waals surface area contributed by atoms with E-state index in [0.29, 0.717) is 0 Å². The van der Waals surface area contributed by atoms with Gasteiger partial charge in [-0.05, 0) is 163 Å². The third-order valence-electron chi connectivity index (χ3n) is 20.7. The van der Waals surface area contributed by atoms with Crippen LogP contribution in [-0.2, 0) is 0 Å². The lowest BCUT2D eigenvalue weighted by Gasteiger charge is -2.35. The number of rotatable bonds is 9. The van der Waals surface area contributed by atoms with Gasteiger partial charge in [-0.15, -0.1) is 22.7 Å². The summed E-state index contributed by atoms with van der Waals surface area (Å²) in [5.74, 6) is 0. The minimum absolute atomic E-state index is 0.858. The van der Waals surface area contributed by atoms with Crippen molar-refractivity contribution >= 4 is 179 Å². The molecule has 0 radical (unpaired) electrons. The van der Waals surface area contributed by atoms with Crippen molar-refractivity contribution in [1.82, 2.24) is 9.13 Å². The second-order valence-corrected chi connectivity index (χ2v) is 31.6. The fourth-order valence-corrected chi connectivity index (χ4v) is 24.7. The van der Waals surface area contributed by atoms with E-state index in [4.69, 9.17) is 8.83 Å². The van der Waals surface area contributed by atoms with Gasteiger partial charge in [0, 0.05) is 94.8 Å². The second kappa shape index (κ2) is 21.1. The van der Waals surface area contributed by atoms with E-state index in [-0.39, 0.29) is 0 Å². The third kappa shape index (κ3) is 8.14. The molecule has 97 heavy (non-hydrogen) atoms. The Labute approximate surface area is 565 Å². The van der Waals surface area contributed by atoms with Crippen LogP contribution in [0.5, 0.6) is 0 Å². The molecule has 0 N–H and O–H groups in total. The van der Waals surface area contributed by atoms with E-state index >= 15 is 0 Å². The Hall–Kier alpha value is -11.8. The van der Waals surface area contributed by atoms with E-state index in [9.17, 15) is 0 Å². The number of fused-ring (bicyclic) bond motifs is 18. The monoisotopic (exact) mass is 1290 g/mol. The number of hydrogen-bond acceptors (Lipinski definition) is 4. The lowest BCUT2D eigenvalue weighted by molar-refractivity contribution is 0.668.